The Kier molecular flexibility index (Phi) is 5.41. The molecule has 6 heteroatoms. The van der Waals surface area contributed by atoms with E-state index in [9.17, 15) is 13.2 Å². The molecular formula is C20H23F3N2O. The SMILES string of the molecule is CC1NC(Oc2cccc(C=C3CCC(N)CC3)c2)=CC=C1C(F)(F)F. The lowest BCUT2D eigenvalue weighted by atomic mass is 9.90. The van der Waals surface area contributed by atoms with Crippen LogP contribution >= 0.6 is 0 Å². The number of benzene rings is 1. The molecule has 3 rings (SSSR count). The molecule has 1 unspecified atom stereocenters. The van der Waals surface area contributed by atoms with E-state index in [1.165, 1.54) is 18.6 Å². The summed E-state index contributed by atoms with van der Waals surface area (Å²) in [5.41, 5.74) is 7.70. The molecule has 3 N–H and O–H groups in total. The van der Waals surface area contributed by atoms with Crippen molar-refractivity contribution >= 4 is 6.08 Å². The average molecular weight is 364 g/mol. The van der Waals surface area contributed by atoms with Crippen LogP contribution in [0.15, 0.2) is 53.4 Å². The fourth-order valence-corrected chi connectivity index (χ4v) is 3.24. The maximum Gasteiger partial charge on any atom is 0.414 e. The fourth-order valence-electron chi connectivity index (χ4n) is 3.24. The molecule has 0 spiro atoms. The molecule has 0 saturated heterocycles. The minimum Gasteiger partial charge on any atom is -0.441 e. The molecule has 0 bridgehead atoms. The van der Waals surface area contributed by atoms with Crippen molar-refractivity contribution in [3.8, 4) is 5.75 Å². The van der Waals surface area contributed by atoms with E-state index in [1.807, 2.05) is 18.2 Å². The molecule has 1 atom stereocenters. The van der Waals surface area contributed by atoms with Gasteiger partial charge in [0.25, 0.3) is 0 Å². The topological polar surface area (TPSA) is 47.3 Å². The van der Waals surface area contributed by atoms with Crippen LogP contribution in [0.2, 0.25) is 0 Å². The van der Waals surface area contributed by atoms with E-state index in [4.69, 9.17) is 10.5 Å². The molecule has 1 aliphatic heterocycles. The van der Waals surface area contributed by atoms with Gasteiger partial charge in [-0.3, -0.25) is 0 Å². The van der Waals surface area contributed by atoms with Gasteiger partial charge in [-0.2, -0.15) is 13.2 Å². The van der Waals surface area contributed by atoms with Crippen LogP contribution in [-0.4, -0.2) is 18.3 Å². The second-order valence-electron chi connectivity index (χ2n) is 6.83. The average Bonchev–Trinajstić information content (AvgIpc) is 2.56. The number of dihydropyridines is 1. The quantitative estimate of drug-likeness (QED) is 0.819. The summed E-state index contributed by atoms with van der Waals surface area (Å²) in [7, 11) is 0. The molecule has 1 aliphatic carbocycles. The number of alkyl halides is 3. The second kappa shape index (κ2) is 7.58. The van der Waals surface area contributed by atoms with Gasteiger partial charge in [0.05, 0.1) is 11.6 Å². The molecule has 0 aromatic heterocycles. The highest BCUT2D eigenvalue weighted by molar-refractivity contribution is 5.55. The molecule has 2 aliphatic rings. The van der Waals surface area contributed by atoms with E-state index in [0.29, 0.717) is 17.7 Å². The van der Waals surface area contributed by atoms with Crippen LogP contribution in [0.1, 0.15) is 38.2 Å². The maximum atomic E-state index is 12.9. The van der Waals surface area contributed by atoms with Crippen molar-refractivity contribution in [3.63, 3.8) is 0 Å². The Morgan fingerprint density at radius 3 is 2.58 bits per heavy atom. The Hall–Kier alpha value is -2.21. The number of hydrogen-bond donors (Lipinski definition) is 2. The Labute approximate surface area is 151 Å². The Morgan fingerprint density at radius 1 is 1.19 bits per heavy atom. The predicted molar refractivity (Wildman–Crippen MR) is 96.3 cm³/mol. The van der Waals surface area contributed by atoms with Gasteiger partial charge in [0.2, 0.25) is 0 Å². The molecule has 3 nitrogen and oxygen atoms in total. The number of allylic oxidation sites excluding steroid dienone is 3. The van der Waals surface area contributed by atoms with Crippen LogP contribution in [0.25, 0.3) is 6.08 Å². The van der Waals surface area contributed by atoms with Crippen molar-refractivity contribution in [2.24, 2.45) is 5.73 Å². The highest BCUT2D eigenvalue weighted by atomic mass is 19.4. The summed E-state index contributed by atoms with van der Waals surface area (Å²) in [5, 5.41) is 2.75. The van der Waals surface area contributed by atoms with Gasteiger partial charge in [0.15, 0.2) is 5.88 Å². The zero-order valence-electron chi connectivity index (χ0n) is 14.6. The van der Waals surface area contributed by atoms with Crippen molar-refractivity contribution in [1.29, 1.82) is 0 Å². The zero-order chi connectivity index (χ0) is 18.7. The molecule has 1 saturated carbocycles. The zero-order valence-corrected chi connectivity index (χ0v) is 14.6. The summed E-state index contributed by atoms with van der Waals surface area (Å²) >= 11 is 0. The summed E-state index contributed by atoms with van der Waals surface area (Å²) in [4.78, 5) is 0. The third kappa shape index (κ3) is 4.69. The van der Waals surface area contributed by atoms with E-state index < -0.39 is 17.8 Å². The van der Waals surface area contributed by atoms with Crippen LogP contribution in [0.4, 0.5) is 13.2 Å². The lowest BCUT2D eigenvalue weighted by molar-refractivity contribution is -0.0963. The van der Waals surface area contributed by atoms with Crippen molar-refractivity contribution in [1.82, 2.24) is 5.32 Å². The van der Waals surface area contributed by atoms with Crippen LogP contribution in [-0.2, 0) is 0 Å². The van der Waals surface area contributed by atoms with Crippen LogP contribution in [0.5, 0.6) is 5.75 Å². The fraction of sp³-hybridized carbons (Fsp3) is 0.400. The normalized spacial score (nSPS) is 23.7. The number of nitrogens with one attached hydrogen (secondary N) is 1. The third-order valence-electron chi connectivity index (χ3n) is 4.70. The molecule has 1 aromatic carbocycles. The van der Waals surface area contributed by atoms with Crippen molar-refractivity contribution in [2.75, 3.05) is 0 Å². The molecular weight excluding hydrogens is 341 g/mol. The van der Waals surface area contributed by atoms with E-state index in [2.05, 4.69) is 11.4 Å². The van der Waals surface area contributed by atoms with Crippen molar-refractivity contribution < 1.29 is 17.9 Å². The van der Waals surface area contributed by atoms with E-state index in [1.54, 1.807) is 6.07 Å². The number of rotatable bonds is 3. The van der Waals surface area contributed by atoms with Gasteiger partial charge in [-0.15, -0.1) is 0 Å². The van der Waals surface area contributed by atoms with Crippen LogP contribution in [0.3, 0.4) is 0 Å². The molecule has 140 valence electrons. The first-order valence-corrected chi connectivity index (χ1v) is 8.80. The first kappa shape index (κ1) is 18.6. The Balaban J connectivity index is 1.71. The number of hydrogen-bond acceptors (Lipinski definition) is 3. The first-order chi connectivity index (χ1) is 12.3. The summed E-state index contributed by atoms with van der Waals surface area (Å²) in [6.07, 6.45) is 4.19. The summed E-state index contributed by atoms with van der Waals surface area (Å²) in [6, 6.07) is 6.98. The highest BCUT2D eigenvalue weighted by Crippen LogP contribution is 2.31. The van der Waals surface area contributed by atoms with Gasteiger partial charge in [0, 0.05) is 6.04 Å². The molecule has 0 amide bonds. The Bertz CT molecular complexity index is 740. The minimum absolute atomic E-state index is 0.294. The van der Waals surface area contributed by atoms with Gasteiger partial charge in [-0.25, -0.2) is 0 Å². The molecule has 1 heterocycles. The van der Waals surface area contributed by atoms with Crippen LogP contribution < -0.4 is 15.8 Å². The van der Waals surface area contributed by atoms with Gasteiger partial charge in [-0.1, -0.05) is 23.8 Å². The summed E-state index contributed by atoms with van der Waals surface area (Å²) < 4.78 is 44.3. The van der Waals surface area contributed by atoms with Gasteiger partial charge in [0.1, 0.15) is 5.75 Å². The largest absolute Gasteiger partial charge is 0.441 e. The number of halogens is 3. The lowest BCUT2D eigenvalue weighted by Gasteiger charge is -2.25. The van der Waals surface area contributed by atoms with Crippen molar-refractivity contribution in [3.05, 3.63) is 59.0 Å². The number of ether oxygens (including phenoxy) is 1. The number of nitrogens with two attached hydrogens (primary N) is 1. The first-order valence-electron chi connectivity index (χ1n) is 8.80. The van der Waals surface area contributed by atoms with Crippen LogP contribution in [0, 0.1) is 0 Å². The lowest BCUT2D eigenvalue weighted by Crippen LogP contribution is -2.37. The molecule has 26 heavy (non-hydrogen) atoms. The summed E-state index contributed by atoms with van der Waals surface area (Å²) in [6.45, 7) is 1.46. The van der Waals surface area contributed by atoms with Gasteiger partial charge >= 0.3 is 6.18 Å². The second-order valence-corrected chi connectivity index (χ2v) is 6.83. The standard InChI is InChI=1S/C20H23F3N2O/c1-13-18(20(21,22)23)9-10-19(25-13)26-17-4-2-3-15(12-17)11-14-5-7-16(24)8-6-14/h2-4,9-13,16,25H,5-8,24H2,1H3. The molecule has 1 fully saturated rings. The van der Waals surface area contributed by atoms with E-state index in [-0.39, 0.29) is 0 Å². The van der Waals surface area contributed by atoms with Crippen molar-refractivity contribution in [2.45, 2.75) is 50.9 Å². The smallest absolute Gasteiger partial charge is 0.414 e. The minimum atomic E-state index is -4.34. The Morgan fingerprint density at radius 2 is 1.92 bits per heavy atom. The van der Waals surface area contributed by atoms with Gasteiger partial charge in [-0.05, 0) is 62.5 Å². The molecule has 1 aromatic rings. The highest BCUT2D eigenvalue weighted by Gasteiger charge is 2.38. The van der Waals surface area contributed by atoms with E-state index in [0.717, 1.165) is 37.3 Å². The van der Waals surface area contributed by atoms with Gasteiger partial charge < -0.3 is 15.8 Å². The molecule has 0 radical (unpaired) electrons. The summed E-state index contributed by atoms with van der Waals surface area (Å²) in [5.74, 6) is 0.889. The predicted octanol–water partition coefficient (Wildman–Crippen LogP) is 4.67. The maximum absolute atomic E-state index is 12.9. The third-order valence-corrected chi connectivity index (χ3v) is 4.70. The monoisotopic (exact) mass is 364 g/mol. The van der Waals surface area contributed by atoms with E-state index >= 15 is 0 Å².